The normalized spacial score (nSPS) is 11.2. The second kappa shape index (κ2) is 13.6. The van der Waals surface area contributed by atoms with Gasteiger partial charge in [-0.2, -0.15) is 0 Å². The van der Waals surface area contributed by atoms with Gasteiger partial charge in [-0.1, -0.05) is 72.8 Å². The van der Waals surface area contributed by atoms with E-state index in [-0.39, 0.29) is 11.6 Å². The molecule has 0 amide bonds. The molecule has 5 heteroatoms. The minimum absolute atomic E-state index is 0.261. The van der Waals surface area contributed by atoms with Crippen LogP contribution in [-0.4, -0.2) is 4.98 Å². The van der Waals surface area contributed by atoms with Gasteiger partial charge in [0.25, 0.3) is 0 Å². The maximum absolute atomic E-state index is 13.8. The lowest BCUT2D eigenvalue weighted by Gasteiger charge is -2.25. The molecular weight excluding hydrogens is 657 g/mol. The van der Waals surface area contributed by atoms with Crippen molar-refractivity contribution in [1.82, 2.24) is 4.98 Å². The molecule has 254 valence electrons. The minimum Gasteiger partial charge on any atom is -0.355 e. The van der Waals surface area contributed by atoms with E-state index < -0.39 is 0 Å². The second-order valence-electron chi connectivity index (χ2n) is 13.0. The zero-order chi connectivity index (χ0) is 35.7. The topological polar surface area (TPSA) is 22.3 Å². The molecule has 0 fully saturated rings. The van der Waals surface area contributed by atoms with Crippen molar-refractivity contribution in [3.8, 4) is 22.3 Å². The minimum atomic E-state index is -0.261. The predicted molar refractivity (Wildman–Crippen MR) is 216 cm³/mol. The number of nitrogens with zero attached hydrogens (tertiary/aromatic N) is 2. The molecule has 9 aromatic rings. The first-order valence-corrected chi connectivity index (χ1v) is 17.6. The van der Waals surface area contributed by atoms with Crippen molar-refractivity contribution in [2.45, 2.75) is 0 Å². The van der Waals surface area contributed by atoms with Crippen LogP contribution in [0.3, 0.4) is 0 Å². The lowest BCUT2D eigenvalue weighted by atomic mass is 9.99. The molecule has 1 heterocycles. The van der Waals surface area contributed by atoms with E-state index in [9.17, 15) is 8.78 Å². The van der Waals surface area contributed by atoms with Crippen LogP contribution >= 0.6 is 0 Å². The van der Waals surface area contributed by atoms with E-state index in [1.807, 2.05) is 36.4 Å². The Hall–Kier alpha value is -6.98. The molecule has 0 spiro atoms. The fourth-order valence-electron chi connectivity index (χ4n) is 7.09. The predicted octanol–water partition coefficient (Wildman–Crippen LogP) is 13.9. The van der Waals surface area contributed by atoms with Crippen LogP contribution in [0.4, 0.5) is 42.9 Å². The molecule has 1 aromatic heterocycles. The first-order chi connectivity index (χ1) is 26.1. The van der Waals surface area contributed by atoms with Gasteiger partial charge in [-0.25, -0.2) is 8.78 Å². The van der Waals surface area contributed by atoms with E-state index in [1.165, 1.54) is 24.3 Å². The van der Waals surface area contributed by atoms with Gasteiger partial charge < -0.3 is 14.8 Å². The highest BCUT2D eigenvalue weighted by Gasteiger charge is 2.15. The molecule has 0 atom stereocenters. The van der Waals surface area contributed by atoms with Gasteiger partial charge in [0.15, 0.2) is 0 Å². The van der Waals surface area contributed by atoms with Crippen LogP contribution in [0.25, 0.3) is 44.1 Å². The van der Waals surface area contributed by atoms with Crippen LogP contribution in [0.5, 0.6) is 0 Å². The Morgan fingerprint density at radius 3 is 0.962 bits per heavy atom. The summed E-state index contributed by atoms with van der Waals surface area (Å²) in [6.45, 7) is 0. The summed E-state index contributed by atoms with van der Waals surface area (Å²) in [6.07, 6.45) is 0. The molecule has 0 bridgehead atoms. The Morgan fingerprint density at radius 2 is 0.604 bits per heavy atom. The molecule has 0 aliphatic heterocycles. The van der Waals surface area contributed by atoms with Gasteiger partial charge in [0, 0.05) is 55.9 Å². The van der Waals surface area contributed by atoms with Crippen LogP contribution in [0, 0.1) is 11.6 Å². The zero-order valence-corrected chi connectivity index (χ0v) is 28.6. The molecule has 9 rings (SSSR count). The molecular formula is C48H33F2N3. The SMILES string of the molecule is Fc1ccc(N(c2ccccc2)c2ccc(-c3ccc4[nH]c5ccc(-c6ccc(N(c7ccccc7)c7ccc(F)cc7)cc6)cc5c4c3)cc2)cc1. The van der Waals surface area contributed by atoms with Gasteiger partial charge >= 0.3 is 0 Å². The van der Waals surface area contributed by atoms with Gasteiger partial charge in [0.2, 0.25) is 0 Å². The lowest BCUT2D eigenvalue weighted by molar-refractivity contribution is 0.627. The second-order valence-corrected chi connectivity index (χ2v) is 13.0. The number of rotatable bonds is 8. The van der Waals surface area contributed by atoms with E-state index in [1.54, 1.807) is 24.3 Å². The van der Waals surface area contributed by atoms with Crippen molar-refractivity contribution in [2.24, 2.45) is 0 Å². The standard InChI is InChI=1S/C48H33F2N3/c49-37-17-25-43(26-18-37)52(39-7-3-1-4-8-39)41-21-11-33(12-22-41)35-15-29-47-45(31-35)46-32-36(16-30-48(46)51-47)34-13-23-42(24-14-34)53(40-9-5-2-6-10-40)44-27-19-38(50)20-28-44/h1-32,51H. The number of aromatic nitrogens is 1. The summed E-state index contributed by atoms with van der Waals surface area (Å²) >= 11 is 0. The van der Waals surface area contributed by atoms with Crippen molar-refractivity contribution in [1.29, 1.82) is 0 Å². The zero-order valence-electron chi connectivity index (χ0n) is 28.6. The van der Waals surface area contributed by atoms with Crippen LogP contribution < -0.4 is 9.80 Å². The van der Waals surface area contributed by atoms with Gasteiger partial charge in [-0.3, -0.25) is 0 Å². The van der Waals surface area contributed by atoms with Gasteiger partial charge in [0.05, 0.1) is 0 Å². The number of para-hydroxylation sites is 2. The number of hydrogen-bond donors (Lipinski definition) is 1. The summed E-state index contributed by atoms with van der Waals surface area (Å²) in [5.74, 6) is -0.521. The number of anilines is 6. The molecule has 3 nitrogen and oxygen atoms in total. The summed E-state index contributed by atoms with van der Waals surface area (Å²) in [6, 6.07) is 63.5. The quantitative estimate of drug-likeness (QED) is 0.172. The van der Waals surface area contributed by atoms with Crippen molar-refractivity contribution < 1.29 is 8.78 Å². The highest BCUT2D eigenvalue weighted by Crippen LogP contribution is 2.39. The van der Waals surface area contributed by atoms with E-state index in [4.69, 9.17) is 0 Å². The number of H-pyrrole nitrogens is 1. The summed E-state index contributed by atoms with van der Waals surface area (Å²) < 4.78 is 27.6. The number of halogens is 2. The third kappa shape index (κ3) is 6.30. The summed E-state index contributed by atoms with van der Waals surface area (Å²) in [7, 11) is 0. The number of aromatic amines is 1. The van der Waals surface area contributed by atoms with E-state index in [2.05, 4.69) is 124 Å². The van der Waals surface area contributed by atoms with E-state index >= 15 is 0 Å². The first-order valence-electron chi connectivity index (χ1n) is 17.6. The Balaban J connectivity index is 1.03. The van der Waals surface area contributed by atoms with Crippen molar-refractivity contribution in [3.63, 3.8) is 0 Å². The van der Waals surface area contributed by atoms with Crippen LogP contribution in [0.2, 0.25) is 0 Å². The number of nitrogens with one attached hydrogen (secondary N) is 1. The summed E-state index contributed by atoms with van der Waals surface area (Å²) in [5, 5.41) is 2.31. The van der Waals surface area contributed by atoms with E-state index in [0.717, 1.165) is 78.2 Å². The first kappa shape index (κ1) is 32.0. The largest absolute Gasteiger partial charge is 0.355 e. The summed E-state index contributed by atoms with van der Waals surface area (Å²) in [5.41, 5.74) is 12.4. The smallest absolute Gasteiger partial charge is 0.123 e. The average molecular weight is 690 g/mol. The highest BCUT2D eigenvalue weighted by atomic mass is 19.1. The Bertz CT molecular complexity index is 2470. The maximum atomic E-state index is 13.8. The van der Waals surface area contributed by atoms with Crippen molar-refractivity contribution in [2.75, 3.05) is 9.80 Å². The van der Waals surface area contributed by atoms with Crippen LogP contribution in [-0.2, 0) is 0 Å². The van der Waals surface area contributed by atoms with E-state index in [0.29, 0.717) is 0 Å². The average Bonchev–Trinajstić information content (AvgIpc) is 3.58. The molecule has 1 N–H and O–H groups in total. The van der Waals surface area contributed by atoms with Gasteiger partial charge in [0.1, 0.15) is 11.6 Å². The number of hydrogen-bond acceptors (Lipinski definition) is 2. The fourth-order valence-corrected chi connectivity index (χ4v) is 7.09. The Kier molecular flexibility index (Phi) is 8.22. The number of fused-ring (bicyclic) bond motifs is 3. The molecule has 0 aliphatic carbocycles. The van der Waals surface area contributed by atoms with Crippen LogP contribution in [0.15, 0.2) is 194 Å². The van der Waals surface area contributed by atoms with Crippen LogP contribution in [0.1, 0.15) is 0 Å². The molecule has 0 radical (unpaired) electrons. The van der Waals surface area contributed by atoms with Gasteiger partial charge in [-0.15, -0.1) is 0 Å². The maximum Gasteiger partial charge on any atom is 0.123 e. The van der Waals surface area contributed by atoms with Gasteiger partial charge in [-0.05, 0) is 144 Å². The molecule has 0 saturated heterocycles. The monoisotopic (exact) mass is 689 g/mol. The molecule has 0 aliphatic rings. The summed E-state index contributed by atoms with van der Waals surface area (Å²) in [4.78, 5) is 7.85. The third-order valence-corrected chi connectivity index (χ3v) is 9.71. The fraction of sp³-hybridized carbons (Fsp3) is 0. The number of benzene rings is 8. The Morgan fingerprint density at radius 1 is 0.302 bits per heavy atom. The highest BCUT2D eigenvalue weighted by molar-refractivity contribution is 6.09. The third-order valence-electron chi connectivity index (χ3n) is 9.71. The molecule has 0 unspecified atom stereocenters. The molecule has 0 saturated carbocycles. The van der Waals surface area contributed by atoms with Crippen molar-refractivity contribution in [3.05, 3.63) is 206 Å². The Labute approximate surface area is 306 Å². The molecule has 53 heavy (non-hydrogen) atoms. The lowest BCUT2D eigenvalue weighted by Crippen LogP contribution is -2.09. The molecule has 8 aromatic carbocycles. The van der Waals surface area contributed by atoms with Crippen molar-refractivity contribution >= 4 is 55.9 Å².